The molecule has 2 saturated heterocycles. The first-order valence-corrected chi connectivity index (χ1v) is 9.72. The minimum Gasteiger partial charge on any atom is -0.378 e. The normalized spacial score (nSPS) is 17.7. The minimum atomic E-state index is -0.407. The van der Waals surface area contributed by atoms with E-state index in [0.29, 0.717) is 45.3 Å². The van der Waals surface area contributed by atoms with Gasteiger partial charge in [0.2, 0.25) is 5.95 Å². The Hall–Kier alpha value is -2.58. The van der Waals surface area contributed by atoms with E-state index in [0.717, 1.165) is 23.8 Å². The maximum absolute atomic E-state index is 12.5. The number of morpholine rings is 1. The van der Waals surface area contributed by atoms with Crippen LogP contribution in [0.3, 0.4) is 0 Å². The van der Waals surface area contributed by atoms with Gasteiger partial charge in [0, 0.05) is 45.5 Å². The number of carbonyl (C=O) groups excluding carboxylic acids is 1. The van der Waals surface area contributed by atoms with Crippen LogP contribution < -0.4 is 15.4 Å². The van der Waals surface area contributed by atoms with Crippen LogP contribution in [-0.2, 0) is 4.74 Å². The molecule has 0 unspecified atom stereocenters. The summed E-state index contributed by atoms with van der Waals surface area (Å²) in [6, 6.07) is 7.77. The Morgan fingerprint density at radius 1 is 1.04 bits per heavy atom. The number of amides is 1. The molecule has 8 nitrogen and oxygen atoms in total. The average Bonchev–Trinajstić information content (AvgIpc) is 2.74. The molecule has 4 rings (SSSR count). The van der Waals surface area contributed by atoms with E-state index in [2.05, 4.69) is 14.9 Å². The van der Waals surface area contributed by atoms with Crippen molar-refractivity contribution in [2.75, 3.05) is 62.3 Å². The Labute approximate surface area is 167 Å². The number of H-pyrrole nitrogens is 1. The van der Waals surface area contributed by atoms with Gasteiger partial charge in [0.15, 0.2) is 0 Å². The van der Waals surface area contributed by atoms with Crippen molar-refractivity contribution in [3.63, 3.8) is 0 Å². The topological polar surface area (TPSA) is 81.8 Å². The molecular weight excluding hydrogens is 382 g/mol. The van der Waals surface area contributed by atoms with Crippen LogP contribution in [0.2, 0.25) is 5.02 Å². The molecule has 2 aliphatic rings. The number of halogens is 1. The number of carbonyl (C=O) groups is 1. The fourth-order valence-electron chi connectivity index (χ4n) is 3.50. The van der Waals surface area contributed by atoms with E-state index >= 15 is 0 Å². The van der Waals surface area contributed by atoms with Gasteiger partial charge in [0.05, 0.1) is 23.9 Å². The third-order valence-electron chi connectivity index (χ3n) is 5.09. The van der Waals surface area contributed by atoms with Crippen molar-refractivity contribution in [1.29, 1.82) is 0 Å². The Balaban J connectivity index is 1.43. The van der Waals surface area contributed by atoms with Gasteiger partial charge in [0.1, 0.15) is 5.56 Å². The summed E-state index contributed by atoms with van der Waals surface area (Å²) >= 11 is 6.28. The maximum atomic E-state index is 12.5. The molecule has 148 valence electrons. The lowest BCUT2D eigenvalue weighted by Gasteiger charge is -2.36. The molecular formula is C19H22ClN5O3. The monoisotopic (exact) mass is 403 g/mol. The SMILES string of the molecule is O=C(c1cnc(N2CCN(c3ccccc3Cl)CC2)[nH]c1=O)N1CCOCC1. The summed E-state index contributed by atoms with van der Waals surface area (Å²) in [5, 5.41) is 0.730. The van der Waals surface area contributed by atoms with Gasteiger partial charge in [-0.1, -0.05) is 23.7 Å². The predicted octanol–water partition coefficient (Wildman–Crippen LogP) is 1.22. The van der Waals surface area contributed by atoms with Crippen molar-refractivity contribution in [1.82, 2.24) is 14.9 Å². The van der Waals surface area contributed by atoms with E-state index in [1.807, 2.05) is 29.2 Å². The number of aromatic nitrogens is 2. The van der Waals surface area contributed by atoms with Crippen molar-refractivity contribution in [3.8, 4) is 0 Å². The molecule has 1 amide bonds. The van der Waals surface area contributed by atoms with Gasteiger partial charge in [-0.25, -0.2) is 4.98 Å². The lowest BCUT2D eigenvalue weighted by Crippen LogP contribution is -2.48. The molecule has 28 heavy (non-hydrogen) atoms. The van der Waals surface area contributed by atoms with E-state index in [9.17, 15) is 9.59 Å². The minimum absolute atomic E-state index is 0.0698. The average molecular weight is 404 g/mol. The highest BCUT2D eigenvalue weighted by Gasteiger charge is 2.24. The molecule has 0 atom stereocenters. The van der Waals surface area contributed by atoms with E-state index in [1.165, 1.54) is 6.20 Å². The summed E-state index contributed by atoms with van der Waals surface area (Å²) in [6.07, 6.45) is 1.38. The van der Waals surface area contributed by atoms with Gasteiger partial charge in [-0.15, -0.1) is 0 Å². The van der Waals surface area contributed by atoms with Crippen molar-refractivity contribution >= 4 is 29.1 Å². The molecule has 0 radical (unpaired) electrons. The highest BCUT2D eigenvalue weighted by molar-refractivity contribution is 6.33. The first-order chi connectivity index (χ1) is 13.6. The fraction of sp³-hybridized carbons (Fsp3) is 0.421. The summed E-state index contributed by atoms with van der Waals surface area (Å²) in [5.74, 6) is 0.189. The second-order valence-electron chi connectivity index (χ2n) is 6.78. The standard InChI is InChI=1S/C19H22ClN5O3/c20-15-3-1-2-4-16(15)23-5-7-25(8-6-23)19-21-13-14(17(26)22-19)18(27)24-9-11-28-12-10-24/h1-4,13H,5-12H2,(H,21,22,26). The number of hydrogen-bond acceptors (Lipinski definition) is 6. The number of para-hydroxylation sites is 1. The summed E-state index contributed by atoms with van der Waals surface area (Å²) < 4.78 is 5.25. The molecule has 1 aromatic heterocycles. The number of rotatable bonds is 3. The quantitative estimate of drug-likeness (QED) is 0.830. The van der Waals surface area contributed by atoms with Crippen molar-refractivity contribution in [3.05, 3.63) is 51.4 Å². The zero-order chi connectivity index (χ0) is 19.5. The van der Waals surface area contributed by atoms with E-state index < -0.39 is 5.56 Å². The molecule has 1 aromatic carbocycles. The van der Waals surface area contributed by atoms with Gasteiger partial charge in [-0.3, -0.25) is 14.6 Å². The maximum Gasteiger partial charge on any atom is 0.265 e. The zero-order valence-corrected chi connectivity index (χ0v) is 16.2. The number of aromatic amines is 1. The number of piperazine rings is 1. The summed E-state index contributed by atoms with van der Waals surface area (Å²) in [7, 11) is 0. The first-order valence-electron chi connectivity index (χ1n) is 9.34. The Kier molecular flexibility index (Phi) is 5.50. The van der Waals surface area contributed by atoms with Crippen LogP contribution in [0, 0.1) is 0 Å². The molecule has 0 aliphatic carbocycles. The largest absolute Gasteiger partial charge is 0.378 e. The zero-order valence-electron chi connectivity index (χ0n) is 15.4. The molecule has 0 bridgehead atoms. The van der Waals surface area contributed by atoms with Gasteiger partial charge in [0.25, 0.3) is 11.5 Å². The molecule has 1 N–H and O–H groups in total. The number of hydrogen-bond donors (Lipinski definition) is 1. The van der Waals surface area contributed by atoms with E-state index in [-0.39, 0.29) is 11.5 Å². The van der Waals surface area contributed by atoms with Crippen LogP contribution in [0.5, 0.6) is 0 Å². The number of nitrogens with one attached hydrogen (secondary N) is 1. The molecule has 2 aliphatic heterocycles. The van der Waals surface area contributed by atoms with Crippen LogP contribution in [0.4, 0.5) is 11.6 Å². The van der Waals surface area contributed by atoms with Crippen molar-refractivity contribution in [2.45, 2.75) is 0 Å². The predicted molar refractivity (Wildman–Crippen MR) is 107 cm³/mol. The van der Waals surface area contributed by atoms with Gasteiger partial charge < -0.3 is 19.4 Å². The molecule has 2 aromatic rings. The second kappa shape index (κ2) is 8.20. The molecule has 2 fully saturated rings. The molecule has 9 heteroatoms. The van der Waals surface area contributed by atoms with E-state index in [4.69, 9.17) is 16.3 Å². The first kappa shape index (κ1) is 18.8. The van der Waals surface area contributed by atoms with Crippen LogP contribution >= 0.6 is 11.6 Å². The van der Waals surface area contributed by atoms with Crippen LogP contribution in [0.25, 0.3) is 0 Å². The van der Waals surface area contributed by atoms with Gasteiger partial charge in [-0.05, 0) is 12.1 Å². The van der Waals surface area contributed by atoms with Gasteiger partial charge in [-0.2, -0.15) is 0 Å². The summed E-state index contributed by atoms with van der Waals surface area (Å²) in [6.45, 7) is 4.89. The van der Waals surface area contributed by atoms with Gasteiger partial charge >= 0.3 is 0 Å². The van der Waals surface area contributed by atoms with Crippen LogP contribution in [0.1, 0.15) is 10.4 Å². The molecule has 3 heterocycles. The Morgan fingerprint density at radius 3 is 2.39 bits per heavy atom. The fourth-order valence-corrected chi connectivity index (χ4v) is 3.76. The molecule has 0 saturated carbocycles. The number of anilines is 2. The number of ether oxygens (including phenoxy) is 1. The highest BCUT2D eigenvalue weighted by Crippen LogP contribution is 2.26. The van der Waals surface area contributed by atoms with Crippen molar-refractivity contribution in [2.24, 2.45) is 0 Å². The molecule has 0 spiro atoms. The Morgan fingerprint density at radius 2 is 1.71 bits per heavy atom. The van der Waals surface area contributed by atoms with Crippen LogP contribution in [-0.4, -0.2) is 73.3 Å². The number of benzene rings is 1. The second-order valence-corrected chi connectivity index (χ2v) is 7.19. The smallest absolute Gasteiger partial charge is 0.265 e. The van der Waals surface area contributed by atoms with Crippen LogP contribution in [0.15, 0.2) is 35.3 Å². The summed E-state index contributed by atoms with van der Waals surface area (Å²) in [5.41, 5.74) is 0.673. The van der Waals surface area contributed by atoms with Crippen molar-refractivity contribution < 1.29 is 9.53 Å². The number of nitrogens with zero attached hydrogens (tertiary/aromatic N) is 4. The third-order valence-corrected chi connectivity index (χ3v) is 5.41. The summed E-state index contributed by atoms with van der Waals surface area (Å²) in [4.78, 5) is 37.9. The highest BCUT2D eigenvalue weighted by atomic mass is 35.5. The van der Waals surface area contributed by atoms with E-state index in [1.54, 1.807) is 4.90 Å². The lowest BCUT2D eigenvalue weighted by molar-refractivity contribution is 0.0301. The Bertz CT molecular complexity index is 904. The third kappa shape index (κ3) is 3.83. The lowest BCUT2D eigenvalue weighted by atomic mass is 10.2.